The second-order valence-corrected chi connectivity index (χ2v) is 5.54. The quantitative estimate of drug-likeness (QED) is 0.624. The van der Waals surface area contributed by atoms with E-state index in [0.29, 0.717) is 0 Å². The van der Waals surface area contributed by atoms with Crippen molar-refractivity contribution in [2.45, 2.75) is 44.8 Å². The molecule has 2 rings (SSSR count). The molecule has 1 aromatic carbocycles. The summed E-state index contributed by atoms with van der Waals surface area (Å²) in [4.78, 5) is 11.3. The molecule has 0 amide bonds. The molecule has 0 spiro atoms. The van der Waals surface area contributed by atoms with E-state index < -0.39 is 5.79 Å². The summed E-state index contributed by atoms with van der Waals surface area (Å²) in [6.07, 6.45) is 4.76. The zero-order valence-corrected chi connectivity index (χ0v) is 12.0. The van der Waals surface area contributed by atoms with Crippen LogP contribution < -0.4 is 4.74 Å². The molecule has 1 saturated carbocycles. The third-order valence-corrected chi connectivity index (χ3v) is 3.54. The first kappa shape index (κ1) is 13.4. The first-order chi connectivity index (χ1) is 8.60. The zero-order valence-electron chi connectivity index (χ0n) is 10.4. The van der Waals surface area contributed by atoms with Crippen molar-refractivity contribution in [3.05, 3.63) is 28.7 Å². The van der Waals surface area contributed by atoms with Crippen LogP contribution in [0.2, 0.25) is 0 Å². The Morgan fingerprint density at radius 2 is 2.00 bits per heavy atom. The molecule has 1 aliphatic rings. The van der Waals surface area contributed by atoms with Gasteiger partial charge in [0, 0.05) is 24.2 Å². The monoisotopic (exact) mass is 312 g/mol. The summed E-state index contributed by atoms with van der Waals surface area (Å²) in [6, 6.07) is 7.61. The van der Waals surface area contributed by atoms with Crippen LogP contribution in [-0.4, -0.2) is 11.8 Å². The molecule has 0 aliphatic heterocycles. The largest absolute Gasteiger partial charge is 0.452 e. The van der Waals surface area contributed by atoms with Crippen LogP contribution in [0.15, 0.2) is 28.7 Å². The van der Waals surface area contributed by atoms with Gasteiger partial charge in [-0.15, -0.1) is 0 Å². The summed E-state index contributed by atoms with van der Waals surface area (Å²) >= 11 is 3.41. The molecule has 0 radical (unpaired) electrons. The normalized spacial score (nSPS) is 18.1. The van der Waals surface area contributed by atoms with Crippen molar-refractivity contribution in [2.75, 3.05) is 0 Å². The highest BCUT2D eigenvalue weighted by atomic mass is 79.9. The minimum atomic E-state index is -0.773. The first-order valence-electron chi connectivity index (χ1n) is 6.24. The van der Waals surface area contributed by atoms with Crippen molar-refractivity contribution in [3.63, 3.8) is 0 Å². The highest BCUT2D eigenvalue weighted by molar-refractivity contribution is 9.10. The molecule has 18 heavy (non-hydrogen) atoms. The zero-order chi connectivity index (χ0) is 13.0. The van der Waals surface area contributed by atoms with E-state index in [1.54, 1.807) is 0 Å². The lowest BCUT2D eigenvalue weighted by atomic mass is 9.94. The van der Waals surface area contributed by atoms with Gasteiger partial charge in [0.15, 0.2) is 0 Å². The van der Waals surface area contributed by atoms with E-state index in [9.17, 15) is 4.79 Å². The van der Waals surface area contributed by atoms with Crippen LogP contribution in [0.4, 0.5) is 0 Å². The third kappa shape index (κ3) is 3.48. The number of ether oxygens (including phenoxy) is 2. The number of rotatable bonds is 3. The maximum Gasteiger partial charge on any atom is 0.305 e. The van der Waals surface area contributed by atoms with Crippen molar-refractivity contribution in [2.24, 2.45) is 0 Å². The van der Waals surface area contributed by atoms with Crippen molar-refractivity contribution in [1.82, 2.24) is 0 Å². The summed E-state index contributed by atoms with van der Waals surface area (Å²) in [5.41, 5.74) is 0. The molecule has 0 aromatic heterocycles. The summed E-state index contributed by atoms with van der Waals surface area (Å²) < 4.78 is 12.4. The SMILES string of the molecule is CC(=O)OC1(Oc2cccc(Br)c2)CCCCC1. The van der Waals surface area contributed by atoms with Gasteiger partial charge in [-0.1, -0.05) is 28.4 Å². The highest BCUT2D eigenvalue weighted by Gasteiger charge is 2.37. The van der Waals surface area contributed by atoms with E-state index in [2.05, 4.69) is 15.9 Å². The number of hydrogen-bond donors (Lipinski definition) is 0. The fourth-order valence-corrected chi connectivity index (χ4v) is 2.70. The van der Waals surface area contributed by atoms with Gasteiger partial charge >= 0.3 is 5.97 Å². The minimum absolute atomic E-state index is 0.285. The molecule has 0 saturated heterocycles. The Kier molecular flexibility index (Phi) is 4.27. The van der Waals surface area contributed by atoms with E-state index >= 15 is 0 Å². The van der Waals surface area contributed by atoms with E-state index in [1.807, 2.05) is 24.3 Å². The Hall–Kier alpha value is -1.03. The molecular weight excluding hydrogens is 296 g/mol. The maximum atomic E-state index is 11.3. The predicted octanol–water partition coefficient (Wildman–Crippen LogP) is 4.05. The Labute approximate surface area is 116 Å². The number of benzene rings is 1. The highest BCUT2D eigenvalue weighted by Crippen LogP contribution is 2.34. The molecule has 0 N–H and O–H groups in total. The lowest BCUT2D eigenvalue weighted by molar-refractivity contribution is -0.206. The van der Waals surface area contributed by atoms with Gasteiger partial charge in [-0.3, -0.25) is 4.79 Å². The van der Waals surface area contributed by atoms with Gasteiger partial charge in [0.25, 0.3) is 5.79 Å². The van der Waals surface area contributed by atoms with E-state index in [0.717, 1.165) is 35.9 Å². The second kappa shape index (κ2) is 5.74. The molecule has 4 heteroatoms. The van der Waals surface area contributed by atoms with Gasteiger partial charge in [0.05, 0.1) is 0 Å². The maximum absolute atomic E-state index is 11.3. The first-order valence-corrected chi connectivity index (χ1v) is 7.03. The molecule has 0 atom stereocenters. The number of carbonyl (C=O) groups is 1. The van der Waals surface area contributed by atoms with Gasteiger partial charge < -0.3 is 9.47 Å². The lowest BCUT2D eigenvalue weighted by Crippen LogP contribution is -2.42. The van der Waals surface area contributed by atoms with E-state index in [4.69, 9.17) is 9.47 Å². The Bertz CT molecular complexity index is 425. The third-order valence-electron chi connectivity index (χ3n) is 3.05. The van der Waals surface area contributed by atoms with Crippen LogP contribution in [-0.2, 0) is 9.53 Å². The number of esters is 1. The summed E-state index contributed by atoms with van der Waals surface area (Å²) in [7, 11) is 0. The summed E-state index contributed by atoms with van der Waals surface area (Å²) in [5.74, 6) is -0.329. The fraction of sp³-hybridized carbons (Fsp3) is 0.500. The van der Waals surface area contributed by atoms with Gasteiger partial charge in [0.1, 0.15) is 5.75 Å². The minimum Gasteiger partial charge on any atom is -0.452 e. The summed E-state index contributed by atoms with van der Waals surface area (Å²) in [6.45, 7) is 1.43. The van der Waals surface area contributed by atoms with Crippen LogP contribution in [0.25, 0.3) is 0 Å². The molecule has 1 aliphatic carbocycles. The van der Waals surface area contributed by atoms with Crippen LogP contribution in [0, 0.1) is 0 Å². The second-order valence-electron chi connectivity index (χ2n) is 4.62. The van der Waals surface area contributed by atoms with Crippen molar-refractivity contribution >= 4 is 21.9 Å². The number of hydrogen-bond acceptors (Lipinski definition) is 3. The molecule has 1 aromatic rings. The smallest absolute Gasteiger partial charge is 0.305 e. The van der Waals surface area contributed by atoms with Crippen LogP contribution in [0.3, 0.4) is 0 Å². The molecule has 0 unspecified atom stereocenters. The van der Waals surface area contributed by atoms with E-state index in [-0.39, 0.29) is 5.97 Å². The predicted molar refractivity (Wildman–Crippen MR) is 72.4 cm³/mol. The van der Waals surface area contributed by atoms with Crippen LogP contribution in [0.1, 0.15) is 39.0 Å². The molecule has 0 bridgehead atoms. The van der Waals surface area contributed by atoms with Crippen LogP contribution in [0.5, 0.6) is 5.75 Å². The topological polar surface area (TPSA) is 35.5 Å². The van der Waals surface area contributed by atoms with E-state index in [1.165, 1.54) is 13.3 Å². The van der Waals surface area contributed by atoms with Gasteiger partial charge in [-0.2, -0.15) is 0 Å². The van der Waals surface area contributed by atoms with Crippen LogP contribution >= 0.6 is 15.9 Å². The molecule has 0 heterocycles. The Balaban J connectivity index is 2.16. The number of halogens is 1. The Morgan fingerprint density at radius 3 is 2.61 bits per heavy atom. The standard InChI is InChI=1S/C14H17BrO3/c1-11(16)17-14(8-3-2-4-9-14)18-13-7-5-6-12(15)10-13/h5-7,10H,2-4,8-9H2,1H3. The summed E-state index contributed by atoms with van der Waals surface area (Å²) in [5, 5.41) is 0. The van der Waals surface area contributed by atoms with Gasteiger partial charge in [-0.05, 0) is 31.0 Å². The van der Waals surface area contributed by atoms with Crippen molar-refractivity contribution in [1.29, 1.82) is 0 Å². The van der Waals surface area contributed by atoms with Crippen molar-refractivity contribution in [3.8, 4) is 5.75 Å². The molecular formula is C14H17BrO3. The van der Waals surface area contributed by atoms with Gasteiger partial charge in [0.2, 0.25) is 0 Å². The number of carbonyl (C=O) groups excluding carboxylic acids is 1. The fourth-order valence-electron chi connectivity index (χ4n) is 2.32. The van der Waals surface area contributed by atoms with Crippen molar-refractivity contribution < 1.29 is 14.3 Å². The Morgan fingerprint density at radius 1 is 1.28 bits per heavy atom. The molecule has 3 nitrogen and oxygen atoms in total. The average Bonchev–Trinajstić information content (AvgIpc) is 2.28. The molecule has 1 fully saturated rings. The molecule has 98 valence electrons. The van der Waals surface area contributed by atoms with Gasteiger partial charge in [-0.25, -0.2) is 0 Å². The lowest BCUT2D eigenvalue weighted by Gasteiger charge is -2.36. The average molecular weight is 313 g/mol.